The van der Waals surface area contributed by atoms with E-state index >= 15 is 8.78 Å². The van der Waals surface area contributed by atoms with Crippen LogP contribution in [0.1, 0.15) is 44.2 Å². The highest BCUT2D eigenvalue weighted by atomic mass is 32.2. The summed E-state index contributed by atoms with van der Waals surface area (Å²) in [6.07, 6.45) is 4.36. The summed E-state index contributed by atoms with van der Waals surface area (Å²) in [5.74, 6) is -0.923. The smallest absolute Gasteiger partial charge is 0.261 e. The number of aromatic nitrogens is 4. The van der Waals surface area contributed by atoms with Gasteiger partial charge in [-0.1, -0.05) is 6.92 Å². The van der Waals surface area contributed by atoms with Crippen LogP contribution >= 0.6 is 12.1 Å². The summed E-state index contributed by atoms with van der Waals surface area (Å²) in [4.78, 5) is 47.1. The lowest BCUT2D eigenvalue weighted by molar-refractivity contribution is -0.128. The first-order valence-corrected chi connectivity index (χ1v) is 21.0. The van der Waals surface area contributed by atoms with E-state index in [0.717, 1.165) is 38.0 Å². The van der Waals surface area contributed by atoms with Crippen molar-refractivity contribution in [3.63, 3.8) is 0 Å². The van der Waals surface area contributed by atoms with Gasteiger partial charge in [-0.3, -0.25) is 33.8 Å². The number of carbonyl (C=O) groups is 2. The van der Waals surface area contributed by atoms with Gasteiger partial charge in [0.1, 0.15) is 23.2 Å². The van der Waals surface area contributed by atoms with Gasteiger partial charge in [0.05, 0.1) is 52.4 Å². The molecule has 16 nitrogen and oxygen atoms in total. The molecule has 2 N–H and O–H groups in total. The molecule has 61 heavy (non-hydrogen) atoms. The molecule has 2 amide bonds. The number of aryl methyl sites for hydroxylation is 1. The number of fused-ring (bicyclic) bond motifs is 2. The maximum Gasteiger partial charge on any atom is 0.261 e. The lowest BCUT2D eigenvalue weighted by Crippen LogP contribution is -2.65. The highest BCUT2D eigenvalue weighted by Gasteiger charge is 2.52. The summed E-state index contributed by atoms with van der Waals surface area (Å²) in [5.41, 5.74) is 1.53. The Morgan fingerprint density at radius 3 is 2.64 bits per heavy atom. The van der Waals surface area contributed by atoms with E-state index in [1.807, 2.05) is 37.5 Å². The van der Waals surface area contributed by atoms with Gasteiger partial charge in [-0.2, -0.15) is 10.4 Å². The molecule has 1 spiro atoms. The predicted octanol–water partition coefficient (Wildman–Crippen LogP) is 4.94. The predicted molar refractivity (Wildman–Crippen MR) is 229 cm³/mol. The quantitative estimate of drug-likeness (QED) is 0.114. The summed E-state index contributed by atoms with van der Waals surface area (Å²) >= 11 is 1.27. The molecule has 3 aliphatic heterocycles. The van der Waals surface area contributed by atoms with Gasteiger partial charge in [0.2, 0.25) is 12.3 Å². The number of anilines is 3. The van der Waals surface area contributed by atoms with Gasteiger partial charge in [-0.05, 0) is 62.4 Å². The Hall–Kier alpha value is -5.81. The minimum Gasteiger partial charge on any atom is -0.453 e. The summed E-state index contributed by atoms with van der Waals surface area (Å²) < 4.78 is 51.4. The van der Waals surface area contributed by atoms with E-state index in [1.54, 1.807) is 39.7 Å². The number of carbonyl (C=O) groups excluding carboxylic acids is 2. The zero-order chi connectivity index (χ0) is 43.0. The standard InChI is InChI=1S/C42H47F2N11O5S/c1-5-51(3)61-49-35-9-7-32(43)39(31(35)20-45)60-28-6-8-34-29(16-28)41(58)55(24-46-34)27-19-42(59-21-27)22-54(23-42)26-10-14-53(15-11-26)37-18-36-30(17-33(37)44)40(48-52(36)4)50(2)13-12-38(57)47-25-56/h6-9,16-18,24-27,49H,5,10-15,19,21-23H2,1-4H3,(H,47,56,57). The Morgan fingerprint density at radius 2 is 1.90 bits per heavy atom. The van der Waals surface area contributed by atoms with Crippen molar-refractivity contribution in [2.24, 2.45) is 7.05 Å². The fourth-order valence-corrected chi connectivity index (χ4v) is 9.08. The average Bonchev–Trinajstić information content (AvgIpc) is 3.84. The van der Waals surface area contributed by atoms with Crippen molar-refractivity contribution in [1.29, 1.82) is 5.26 Å². The highest BCUT2D eigenvalue weighted by molar-refractivity contribution is 7.98. The number of halogens is 2. The maximum atomic E-state index is 15.7. The number of ether oxygens (including phenoxy) is 2. The minimum absolute atomic E-state index is 0.00400. The van der Waals surface area contributed by atoms with Crippen molar-refractivity contribution in [2.45, 2.75) is 50.3 Å². The Morgan fingerprint density at radius 1 is 1.11 bits per heavy atom. The summed E-state index contributed by atoms with van der Waals surface area (Å²) in [6.45, 7) is 6.24. The molecular formula is C42H47F2N11O5S. The number of rotatable bonds is 14. The van der Waals surface area contributed by atoms with Gasteiger partial charge in [0, 0.05) is 89.8 Å². The van der Waals surface area contributed by atoms with E-state index in [0.29, 0.717) is 78.6 Å². The molecule has 320 valence electrons. The normalized spacial score (nSPS) is 17.8. The molecule has 0 bridgehead atoms. The van der Waals surface area contributed by atoms with E-state index in [-0.39, 0.29) is 46.5 Å². The topological polar surface area (TPSA) is 166 Å². The first kappa shape index (κ1) is 41.9. The highest BCUT2D eigenvalue weighted by Crippen LogP contribution is 2.42. The van der Waals surface area contributed by atoms with E-state index in [4.69, 9.17) is 9.47 Å². The molecule has 5 aromatic rings. The van der Waals surface area contributed by atoms with Crippen LogP contribution in [-0.4, -0.2) is 112 Å². The number of hydrogen-bond acceptors (Lipinski definition) is 14. The fraction of sp³-hybridized carbons (Fsp3) is 0.429. The van der Waals surface area contributed by atoms with Gasteiger partial charge in [-0.15, -0.1) is 0 Å². The minimum atomic E-state index is -0.705. The lowest BCUT2D eigenvalue weighted by Gasteiger charge is -2.52. The van der Waals surface area contributed by atoms with Crippen molar-refractivity contribution in [1.82, 2.24) is 33.9 Å². The van der Waals surface area contributed by atoms with Crippen molar-refractivity contribution in [3.8, 4) is 17.6 Å². The van der Waals surface area contributed by atoms with Crippen molar-refractivity contribution in [2.75, 3.05) is 74.5 Å². The molecule has 0 radical (unpaired) electrons. The van der Waals surface area contributed by atoms with Crippen LogP contribution < -0.4 is 30.1 Å². The molecule has 3 saturated heterocycles. The van der Waals surface area contributed by atoms with Gasteiger partial charge in [-0.25, -0.2) is 18.1 Å². The number of nitriles is 1. The molecule has 1 unspecified atom stereocenters. The molecule has 19 heteroatoms. The SMILES string of the molecule is CCN(C)SNc1ccc(F)c(Oc2ccc3ncn(C4COC5(C4)CN(C4CCN(c6cc7c(cc6F)c(N(C)CCC(=O)NC=O)nn7C)CC4)C5)c(=O)c3c2)c1C#N. The fourth-order valence-electron chi connectivity index (χ4n) is 8.53. The summed E-state index contributed by atoms with van der Waals surface area (Å²) in [7, 11) is 5.47. The average molecular weight is 856 g/mol. The van der Waals surface area contributed by atoms with Crippen LogP contribution in [0.25, 0.3) is 21.8 Å². The second kappa shape index (κ2) is 17.3. The van der Waals surface area contributed by atoms with Gasteiger partial charge in [0.25, 0.3) is 5.56 Å². The van der Waals surface area contributed by atoms with Crippen LogP contribution in [0.5, 0.6) is 11.5 Å². The van der Waals surface area contributed by atoms with E-state index in [9.17, 15) is 19.6 Å². The first-order valence-electron chi connectivity index (χ1n) is 20.2. The number of hydrogen-bond donors (Lipinski definition) is 2. The Labute approximate surface area is 355 Å². The number of likely N-dealkylation sites (tertiary alicyclic amines) is 1. The molecule has 2 aromatic heterocycles. The van der Waals surface area contributed by atoms with Crippen molar-refractivity contribution in [3.05, 3.63) is 76.3 Å². The van der Waals surface area contributed by atoms with Crippen LogP contribution in [0.2, 0.25) is 0 Å². The van der Waals surface area contributed by atoms with Crippen molar-refractivity contribution < 1.29 is 27.8 Å². The number of benzene rings is 3. The van der Waals surface area contributed by atoms with Crippen molar-refractivity contribution >= 4 is 63.4 Å². The zero-order valence-corrected chi connectivity index (χ0v) is 35.2. The maximum absolute atomic E-state index is 15.7. The van der Waals surface area contributed by atoms with Crippen LogP contribution in [0.4, 0.5) is 26.0 Å². The van der Waals surface area contributed by atoms with Gasteiger partial charge < -0.3 is 24.0 Å². The van der Waals surface area contributed by atoms with Crippen LogP contribution in [0, 0.1) is 23.0 Å². The van der Waals surface area contributed by atoms with E-state index in [2.05, 4.69) is 29.9 Å². The number of amides is 2. The Balaban J connectivity index is 0.888. The molecule has 3 aliphatic rings. The second-order valence-corrected chi connectivity index (χ2v) is 16.9. The van der Waals surface area contributed by atoms with Crippen LogP contribution in [-0.2, 0) is 21.4 Å². The molecule has 3 fully saturated rings. The third-order valence-corrected chi connectivity index (χ3v) is 12.9. The lowest BCUT2D eigenvalue weighted by atomic mass is 9.86. The summed E-state index contributed by atoms with van der Waals surface area (Å²) in [5, 5.41) is 17.6. The van der Waals surface area contributed by atoms with Crippen LogP contribution in [0.15, 0.2) is 53.6 Å². The molecule has 5 heterocycles. The second-order valence-electron chi connectivity index (χ2n) is 15.9. The summed E-state index contributed by atoms with van der Waals surface area (Å²) in [6, 6.07) is 13.0. The van der Waals surface area contributed by atoms with Crippen LogP contribution in [0.3, 0.4) is 0 Å². The molecule has 3 aromatic carbocycles. The van der Waals surface area contributed by atoms with Gasteiger partial charge >= 0.3 is 0 Å². The monoisotopic (exact) mass is 855 g/mol. The molecule has 1 atom stereocenters. The molecule has 8 rings (SSSR count). The largest absolute Gasteiger partial charge is 0.453 e. The third kappa shape index (κ3) is 8.32. The molecular weight excluding hydrogens is 809 g/mol. The number of nitrogens with one attached hydrogen (secondary N) is 2. The Bertz CT molecular complexity index is 2580. The third-order valence-electron chi connectivity index (χ3n) is 12.0. The molecule has 0 saturated carbocycles. The van der Waals surface area contributed by atoms with E-state index < -0.39 is 11.7 Å². The zero-order valence-electron chi connectivity index (χ0n) is 34.4. The number of nitrogens with zero attached hydrogens (tertiary/aromatic N) is 9. The first-order chi connectivity index (χ1) is 29.4. The van der Waals surface area contributed by atoms with E-state index in [1.165, 1.54) is 36.4 Å². The number of piperidine rings is 1. The number of imide groups is 1. The Kier molecular flexibility index (Phi) is 11.9. The van der Waals surface area contributed by atoms with Gasteiger partial charge in [0.15, 0.2) is 17.4 Å². The molecule has 0 aliphatic carbocycles.